The molecule has 2 unspecified atom stereocenters. The summed E-state index contributed by atoms with van der Waals surface area (Å²) in [6.45, 7) is 6.72. The number of hydrogen-bond donors (Lipinski definition) is 1. The second-order valence-electron chi connectivity index (χ2n) is 8.35. The van der Waals surface area contributed by atoms with E-state index in [-0.39, 0.29) is 4.90 Å². The molecular formula is C23H27N3O3S2. The van der Waals surface area contributed by atoms with Gasteiger partial charge in [0.2, 0.25) is 0 Å². The number of pyridine rings is 1. The summed E-state index contributed by atoms with van der Waals surface area (Å²) in [4.78, 5) is 9.53. The van der Waals surface area contributed by atoms with E-state index in [0.29, 0.717) is 0 Å². The fraction of sp³-hybridized carbons (Fsp3) is 0.348. The molecule has 1 N–H and O–H groups in total. The molecular weight excluding hydrogens is 430 g/mol. The SMILES string of the molecule is CN1CC2CN(c3ccc(-c4ccsc4)nc3)CC2C1.Cc1ccc(S(=O)(=O)O)cc1. The number of nitrogens with zero attached hydrogens (tertiary/aromatic N) is 3. The Bertz CT molecular complexity index is 1080. The van der Waals surface area contributed by atoms with Crippen molar-refractivity contribution >= 4 is 27.1 Å². The van der Waals surface area contributed by atoms with E-state index in [1.165, 1.54) is 49.6 Å². The molecule has 0 bridgehead atoms. The van der Waals surface area contributed by atoms with Gasteiger partial charge in [0, 0.05) is 37.1 Å². The predicted molar refractivity (Wildman–Crippen MR) is 125 cm³/mol. The van der Waals surface area contributed by atoms with Crippen molar-refractivity contribution in [3.8, 4) is 11.3 Å². The van der Waals surface area contributed by atoms with E-state index in [1.54, 1.807) is 23.5 Å². The minimum absolute atomic E-state index is 0.0666. The fourth-order valence-corrected chi connectivity index (χ4v) is 5.43. The number of anilines is 1. The van der Waals surface area contributed by atoms with Crippen LogP contribution in [-0.2, 0) is 10.1 Å². The Morgan fingerprint density at radius 1 is 1.00 bits per heavy atom. The molecule has 2 aliphatic heterocycles. The van der Waals surface area contributed by atoms with Gasteiger partial charge in [-0.3, -0.25) is 9.54 Å². The van der Waals surface area contributed by atoms with Crippen molar-refractivity contribution in [2.24, 2.45) is 11.8 Å². The maximum absolute atomic E-state index is 10.5. The molecule has 31 heavy (non-hydrogen) atoms. The Labute approximate surface area is 187 Å². The Balaban J connectivity index is 0.000000180. The van der Waals surface area contributed by atoms with Gasteiger partial charge in [0.25, 0.3) is 10.1 Å². The smallest absolute Gasteiger partial charge is 0.294 e. The minimum Gasteiger partial charge on any atom is -0.370 e. The number of likely N-dealkylation sites (tertiary alicyclic amines) is 1. The summed E-state index contributed by atoms with van der Waals surface area (Å²) in [6, 6.07) is 12.5. The van der Waals surface area contributed by atoms with Crippen LogP contribution in [0, 0.1) is 18.8 Å². The number of thiophene rings is 1. The number of hydrogen-bond acceptors (Lipinski definition) is 6. The van der Waals surface area contributed by atoms with Crippen LogP contribution >= 0.6 is 11.3 Å². The number of rotatable bonds is 3. The number of benzene rings is 1. The van der Waals surface area contributed by atoms with Gasteiger partial charge in [-0.25, -0.2) is 0 Å². The van der Waals surface area contributed by atoms with Gasteiger partial charge < -0.3 is 9.80 Å². The predicted octanol–water partition coefficient (Wildman–Crippen LogP) is 4.05. The molecule has 6 nitrogen and oxygen atoms in total. The zero-order valence-electron chi connectivity index (χ0n) is 17.7. The molecule has 1 aromatic carbocycles. The zero-order valence-corrected chi connectivity index (χ0v) is 19.3. The van der Waals surface area contributed by atoms with Crippen LogP contribution in [0.3, 0.4) is 0 Å². The van der Waals surface area contributed by atoms with E-state index in [0.717, 1.165) is 23.1 Å². The molecule has 8 heteroatoms. The summed E-state index contributed by atoms with van der Waals surface area (Å²) in [7, 11) is -1.78. The molecule has 2 aliphatic rings. The molecule has 2 aromatic heterocycles. The van der Waals surface area contributed by atoms with Gasteiger partial charge >= 0.3 is 0 Å². The van der Waals surface area contributed by atoms with Crippen molar-refractivity contribution in [3.63, 3.8) is 0 Å². The van der Waals surface area contributed by atoms with E-state index in [1.807, 2.05) is 13.1 Å². The van der Waals surface area contributed by atoms with Crippen molar-refractivity contribution in [1.82, 2.24) is 9.88 Å². The average molecular weight is 458 g/mol. The largest absolute Gasteiger partial charge is 0.370 e. The topological polar surface area (TPSA) is 73.7 Å². The van der Waals surface area contributed by atoms with Gasteiger partial charge in [0.1, 0.15) is 0 Å². The molecule has 164 valence electrons. The third kappa shape index (κ3) is 5.33. The molecule has 2 atom stereocenters. The Morgan fingerprint density at radius 3 is 2.19 bits per heavy atom. The van der Waals surface area contributed by atoms with Gasteiger partial charge in [-0.1, -0.05) is 17.7 Å². The molecule has 0 saturated carbocycles. The Hall–Kier alpha value is -2.26. The maximum Gasteiger partial charge on any atom is 0.294 e. The number of fused-ring (bicyclic) bond motifs is 1. The zero-order chi connectivity index (χ0) is 22.0. The first-order valence-corrected chi connectivity index (χ1v) is 12.6. The van der Waals surface area contributed by atoms with Crippen LogP contribution in [0.1, 0.15) is 5.56 Å². The van der Waals surface area contributed by atoms with Gasteiger partial charge in [-0.2, -0.15) is 19.8 Å². The first-order chi connectivity index (χ1) is 14.8. The summed E-state index contributed by atoms with van der Waals surface area (Å²) in [6.07, 6.45) is 2.04. The molecule has 5 rings (SSSR count). The van der Waals surface area contributed by atoms with E-state index in [9.17, 15) is 8.42 Å². The monoisotopic (exact) mass is 457 g/mol. The van der Waals surface area contributed by atoms with Crippen molar-refractivity contribution in [2.75, 3.05) is 38.1 Å². The molecule has 2 fully saturated rings. The molecule has 0 aliphatic carbocycles. The van der Waals surface area contributed by atoms with E-state index >= 15 is 0 Å². The summed E-state index contributed by atoms with van der Waals surface area (Å²) in [5.41, 5.74) is 4.54. The van der Waals surface area contributed by atoms with E-state index < -0.39 is 10.1 Å². The van der Waals surface area contributed by atoms with Crippen LogP contribution in [0.2, 0.25) is 0 Å². The van der Waals surface area contributed by atoms with Crippen LogP contribution in [0.25, 0.3) is 11.3 Å². The normalized spacial score (nSPS) is 20.9. The lowest BCUT2D eigenvalue weighted by Crippen LogP contribution is -2.26. The van der Waals surface area contributed by atoms with Crippen LogP contribution in [0.4, 0.5) is 5.69 Å². The first-order valence-electron chi connectivity index (χ1n) is 10.3. The standard InChI is InChI=1S/C16H19N3S.C7H8O3S/c1-18-7-13-9-19(10-14(13)8-18)15-2-3-16(17-6-15)12-4-5-20-11-12;1-6-2-4-7(5-3-6)11(8,9)10/h2-6,11,13-14H,7-10H2,1H3;2-5H,1H3,(H,8,9,10). The lowest BCUT2D eigenvalue weighted by Gasteiger charge is -2.21. The second kappa shape index (κ2) is 9.08. The second-order valence-corrected chi connectivity index (χ2v) is 10.5. The third-order valence-electron chi connectivity index (χ3n) is 5.92. The molecule has 0 amide bonds. The van der Waals surface area contributed by atoms with Crippen LogP contribution in [0.5, 0.6) is 0 Å². The van der Waals surface area contributed by atoms with Gasteiger partial charge in [-0.05, 0) is 61.5 Å². The molecule has 0 radical (unpaired) electrons. The fourth-order valence-electron chi connectivity index (χ4n) is 4.30. The molecule has 2 saturated heterocycles. The third-order valence-corrected chi connectivity index (χ3v) is 7.47. The van der Waals surface area contributed by atoms with Crippen LogP contribution in [0.15, 0.2) is 64.3 Å². The van der Waals surface area contributed by atoms with Crippen LogP contribution in [-0.4, -0.2) is 56.1 Å². The first kappa shape index (κ1) is 22.0. The molecule has 0 spiro atoms. The highest BCUT2D eigenvalue weighted by atomic mass is 32.2. The highest BCUT2D eigenvalue weighted by Crippen LogP contribution is 2.33. The van der Waals surface area contributed by atoms with E-state index in [4.69, 9.17) is 4.55 Å². The summed E-state index contributed by atoms with van der Waals surface area (Å²) >= 11 is 1.72. The van der Waals surface area contributed by atoms with Crippen molar-refractivity contribution < 1.29 is 13.0 Å². The quantitative estimate of drug-likeness (QED) is 0.598. The van der Waals surface area contributed by atoms with Crippen molar-refractivity contribution in [1.29, 1.82) is 0 Å². The Morgan fingerprint density at radius 2 is 1.68 bits per heavy atom. The molecule has 3 aromatic rings. The lowest BCUT2D eigenvalue weighted by molar-refractivity contribution is 0.387. The van der Waals surface area contributed by atoms with Crippen LogP contribution < -0.4 is 4.90 Å². The Kier molecular flexibility index (Phi) is 6.43. The van der Waals surface area contributed by atoms with Crippen molar-refractivity contribution in [2.45, 2.75) is 11.8 Å². The maximum atomic E-state index is 10.5. The molecule has 4 heterocycles. The summed E-state index contributed by atoms with van der Waals surface area (Å²) in [5, 5.41) is 4.25. The van der Waals surface area contributed by atoms with Gasteiger partial charge in [0.05, 0.1) is 22.5 Å². The lowest BCUT2D eigenvalue weighted by atomic mass is 10.0. The minimum atomic E-state index is -4.02. The highest BCUT2D eigenvalue weighted by Gasteiger charge is 2.38. The number of aryl methyl sites for hydroxylation is 1. The number of aromatic nitrogens is 1. The summed E-state index contributed by atoms with van der Waals surface area (Å²) in [5.74, 6) is 1.69. The summed E-state index contributed by atoms with van der Waals surface area (Å²) < 4.78 is 29.6. The highest BCUT2D eigenvalue weighted by molar-refractivity contribution is 7.85. The average Bonchev–Trinajstić information content (AvgIpc) is 3.45. The van der Waals surface area contributed by atoms with E-state index in [2.05, 4.69) is 50.8 Å². The van der Waals surface area contributed by atoms with Crippen molar-refractivity contribution in [3.05, 3.63) is 65.0 Å². The van der Waals surface area contributed by atoms with Gasteiger partial charge in [-0.15, -0.1) is 0 Å². The van der Waals surface area contributed by atoms with Gasteiger partial charge in [0.15, 0.2) is 0 Å².